The molecule has 0 spiro atoms. The summed E-state index contributed by atoms with van der Waals surface area (Å²) < 4.78 is 0. The number of aryl methyl sites for hydroxylation is 1. The Bertz CT molecular complexity index is 730. The predicted molar refractivity (Wildman–Crippen MR) is 85.1 cm³/mol. The molecule has 7 heteroatoms. The number of rotatable bonds is 4. The summed E-state index contributed by atoms with van der Waals surface area (Å²) in [6, 6.07) is 6.91. The number of anilines is 1. The fourth-order valence-electron chi connectivity index (χ4n) is 1.58. The van der Waals surface area contributed by atoms with Gasteiger partial charge in [0.2, 0.25) is 5.91 Å². The molecular formula is C14H14ClN3O2S. The van der Waals surface area contributed by atoms with Gasteiger partial charge in [0, 0.05) is 22.0 Å². The first-order valence-electron chi connectivity index (χ1n) is 6.21. The minimum atomic E-state index is -0.192. The van der Waals surface area contributed by atoms with E-state index in [0.717, 1.165) is 0 Å². The van der Waals surface area contributed by atoms with Gasteiger partial charge in [-0.1, -0.05) is 29.4 Å². The summed E-state index contributed by atoms with van der Waals surface area (Å²) in [5, 5.41) is 3.72. The second kappa shape index (κ2) is 6.78. The van der Waals surface area contributed by atoms with Crippen LogP contribution in [0.4, 0.5) is 5.69 Å². The molecule has 0 aliphatic heterocycles. The molecule has 0 unspecified atom stereocenters. The van der Waals surface area contributed by atoms with E-state index in [1.165, 1.54) is 11.8 Å². The van der Waals surface area contributed by atoms with E-state index < -0.39 is 0 Å². The Morgan fingerprint density at radius 2 is 2.19 bits per heavy atom. The predicted octanol–water partition coefficient (Wildman–Crippen LogP) is 2.77. The number of nitrogens with zero attached hydrogens (tertiary/aromatic N) is 1. The van der Waals surface area contributed by atoms with Crippen LogP contribution in [0.25, 0.3) is 0 Å². The van der Waals surface area contributed by atoms with Crippen molar-refractivity contribution in [3.63, 3.8) is 0 Å². The molecule has 1 aromatic carbocycles. The van der Waals surface area contributed by atoms with Gasteiger partial charge in [-0.15, -0.1) is 0 Å². The van der Waals surface area contributed by atoms with Crippen LogP contribution in [0.3, 0.4) is 0 Å². The number of nitrogens with one attached hydrogen (secondary N) is 2. The molecule has 0 atom stereocenters. The van der Waals surface area contributed by atoms with Crippen LogP contribution < -0.4 is 10.9 Å². The van der Waals surface area contributed by atoms with E-state index in [0.29, 0.717) is 27.1 Å². The van der Waals surface area contributed by atoms with Gasteiger partial charge in [0.25, 0.3) is 5.56 Å². The number of hydrogen-bond acceptors (Lipinski definition) is 4. The Morgan fingerprint density at radius 3 is 2.86 bits per heavy atom. The molecule has 0 saturated heterocycles. The zero-order chi connectivity index (χ0) is 15.4. The van der Waals surface area contributed by atoms with Crippen molar-refractivity contribution in [2.24, 2.45) is 0 Å². The lowest BCUT2D eigenvalue weighted by Gasteiger charge is -2.06. The quantitative estimate of drug-likeness (QED) is 0.670. The van der Waals surface area contributed by atoms with Gasteiger partial charge in [-0.05, 0) is 32.0 Å². The van der Waals surface area contributed by atoms with Crippen LogP contribution >= 0.6 is 23.4 Å². The van der Waals surface area contributed by atoms with E-state index >= 15 is 0 Å². The van der Waals surface area contributed by atoms with Crippen molar-refractivity contribution < 1.29 is 4.79 Å². The molecule has 0 saturated carbocycles. The van der Waals surface area contributed by atoms with Crippen molar-refractivity contribution in [1.29, 1.82) is 0 Å². The SMILES string of the molecule is Cc1nc(SCC(=O)Nc2cccc(Cl)c2)[nH]c(=O)c1C. The maximum absolute atomic E-state index is 11.8. The maximum Gasteiger partial charge on any atom is 0.254 e. The van der Waals surface area contributed by atoms with Gasteiger partial charge >= 0.3 is 0 Å². The summed E-state index contributed by atoms with van der Waals surface area (Å²) in [5.41, 5.74) is 1.70. The number of aromatic nitrogens is 2. The molecule has 0 aliphatic rings. The number of carbonyl (C=O) groups excluding carboxylic acids is 1. The Kier molecular flexibility index (Phi) is 5.03. The molecule has 1 heterocycles. The van der Waals surface area contributed by atoms with Gasteiger partial charge in [-0.2, -0.15) is 0 Å². The Labute approximate surface area is 131 Å². The highest BCUT2D eigenvalue weighted by Crippen LogP contribution is 2.16. The number of aromatic amines is 1. The monoisotopic (exact) mass is 323 g/mol. The number of halogens is 1. The summed E-state index contributed by atoms with van der Waals surface area (Å²) in [6.45, 7) is 3.47. The third-order valence-corrected chi connectivity index (χ3v) is 3.93. The number of thioether (sulfide) groups is 1. The maximum atomic E-state index is 11.8. The van der Waals surface area contributed by atoms with Crippen LogP contribution in [-0.4, -0.2) is 21.6 Å². The molecule has 21 heavy (non-hydrogen) atoms. The van der Waals surface area contributed by atoms with E-state index in [2.05, 4.69) is 15.3 Å². The van der Waals surface area contributed by atoms with E-state index in [1.807, 2.05) is 0 Å². The molecule has 2 N–H and O–H groups in total. The fraction of sp³-hybridized carbons (Fsp3) is 0.214. The lowest BCUT2D eigenvalue weighted by molar-refractivity contribution is -0.113. The molecule has 2 rings (SSSR count). The lowest BCUT2D eigenvalue weighted by Crippen LogP contribution is -2.17. The number of hydrogen-bond donors (Lipinski definition) is 2. The van der Waals surface area contributed by atoms with Gasteiger partial charge in [0.1, 0.15) is 0 Å². The second-order valence-electron chi connectivity index (χ2n) is 4.43. The topological polar surface area (TPSA) is 74.8 Å². The zero-order valence-electron chi connectivity index (χ0n) is 11.6. The van der Waals surface area contributed by atoms with Crippen molar-refractivity contribution in [3.05, 3.63) is 50.9 Å². The highest BCUT2D eigenvalue weighted by atomic mass is 35.5. The smallest absolute Gasteiger partial charge is 0.254 e. The van der Waals surface area contributed by atoms with Gasteiger partial charge in [0.05, 0.1) is 5.75 Å². The highest BCUT2D eigenvalue weighted by Gasteiger charge is 2.08. The molecule has 0 radical (unpaired) electrons. The number of amides is 1. The van der Waals surface area contributed by atoms with Crippen LogP contribution in [0, 0.1) is 13.8 Å². The normalized spacial score (nSPS) is 10.4. The van der Waals surface area contributed by atoms with Crippen molar-refractivity contribution in [2.45, 2.75) is 19.0 Å². The minimum absolute atomic E-state index is 0.151. The van der Waals surface area contributed by atoms with Crippen molar-refractivity contribution in [2.75, 3.05) is 11.1 Å². The first-order valence-corrected chi connectivity index (χ1v) is 7.58. The van der Waals surface area contributed by atoms with Crippen LogP contribution in [0.15, 0.2) is 34.2 Å². The standard InChI is InChI=1S/C14H14ClN3O2S/c1-8-9(2)16-14(18-13(8)20)21-7-12(19)17-11-5-3-4-10(15)6-11/h3-6H,7H2,1-2H3,(H,17,19)(H,16,18,20). The molecule has 110 valence electrons. The first-order chi connectivity index (χ1) is 9.95. The van der Waals surface area contributed by atoms with Crippen LogP contribution in [0.2, 0.25) is 5.02 Å². The fourth-order valence-corrected chi connectivity index (χ4v) is 2.48. The van der Waals surface area contributed by atoms with Gasteiger partial charge < -0.3 is 10.3 Å². The van der Waals surface area contributed by atoms with Gasteiger partial charge in [-0.3, -0.25) is 9.59 Å². The third kappa shape index (κ3) is 4.34. The summed E-state index contributed by atoms with van der Waals surface area (Å²) >= 11 is 7.02. The van der Waals surface area contributed by atoms with E-state index in [4.69, 9.17) is 11.6 Å². The number of carbonyl (C=O) groups is 1. The second-order valence-corrected chi connectivity index (χ2v) is 5.83. The Balaban J connectivity index is 1.97. The molecule has 2 aromatic rings. The summed E-state index contributed by atoms with van der Waals surface area (Å²) in [4.78, 5) is 30.3. The largest absolute Gasteiger partial charge is 0.325 e. The average Bonchev–Trinajstić information content (AvgIpc) is 2.42. The van der Waals surface area contributed by atoms with E-state index in [-0.39, 0.29) is 17.2 Å². The summed E-state index contributed by atoms with van der Waals surface area (Å²) in [6.07, 6.45) is 0. The summed E-state index contributed by atoms with van der Waals surface area (Å²) in [5.74, 6) is -0.0408. The van der Waals surface area contributed by atoms with Crippen LogP contribution in [0.1, 0.15) is 11.3 Å². The van der Waals surface area contributed by atoms with Crippen LogP contribution in [-0.2, 0) is 4.79 Å². The van der Waals surface area contributed by atoms with Gasteiger partial charge in [-0.25, -0.2) is 4.98 Å². The number of H-pyrrole nitrogens is 1. The summed E-state index contributed by atoms with van der Waals surface area (Å²) in [7, 11) is 0. The first kappa shape index (κ1) is 15.6. The van der Waals surface area contributed by atoms with E-state index in [9.17, 15) is 9.59 Å². The van der Waals surface area contributed by atoms with Crippen molar-refractivity contribution in [3.8, 4) is 0 Å². The molecule has 0 bridgehead atoms. The highest BCUT2D eigenvalue weighted by molar-refractivity contribution is 7.99. The Morgan fingerprint density at radius 1 is 1.43 bits per heavy atom. The molecule has 5 nitrogen and oxygen atoms in total. The Hall–Kier alpha value is -1.79. The number of benzene rings is 1. The lowest BCUT2D eigenvalue weighted by atomic mass is 10.3. The molecule has 0 fully saturated rings. The average molecular weight is 324 g/mol. The van der Waals surface area contributed by atoms with E-state index in [1.54, 1.807) is 38.1 Å². The van der Waals surface area contributed by atoms with Crippen molar-refractivity contribution >= 4 is 35.0 Å². The molecule has 0 aliphatic carbocycles. The minimum Gasteiger partial charge on any atom is -0.325 e. The molecular weight excluding hydrogens is 310 g/mol. The van der Waals surface area contributed by atoms with Gasteiger partial charge in [0.15, 0.2) is 5.16 Å². The molecule has 1 aromatic heterocycles. The van der Waals surface area contributed by atoms with Crippen LogP contribution in [0.5, 0.6) is 0 Å². The van der Waals surface area contributed by atoms with Crippen molar-refractivity contribution in [1.82, 2.24) is 9.97 Å². The zero-order valence-corrected chi connectivity index (χ0v) is 13.1. The third-order valence-electron chi connectivity index (χ3n) is 2.82. The molecule has 1 amide bonds.